The summed E-state index contributed by atoms with van der Waals surface area (Å²) < 4.78 is 26.9. The summed E-state index contributed by atoms with van der Waals surface area (Å²) in [7, 11) is -4.00. The van der Waals surface area contributed by atoms with Crippen molar-refractivity contribution >= 4 is 26.4 Å². The standard InChI is InChI=1S/C13H11N3O3S2/c14-6-9-8-2-1-3-11(8)20-13(9)16-21(18,19)12-7-15-5-4-10(12)17/h4-5,7,16H,1-3H2,(H,15,17). The molecular weight excluding hydrogens is 310 g/mol. The number of rotatable bonds is 3. The molecule has 0 saturated carbocycles. The molecule has 2 aromatic rings. The van der Waals surface area contributed by atoms with Crippen LogP contribution in [0.3, 0.4) is 0 Å². The third kappa shape index (κ3) is 2.34. The minimum absolute atomic E-state index is 0.297. The van der Waals surface area contributed by atoms with Crippen LogP contribution in [-0.4, -0.2) is 13.4 Å². The maximum absolute atomic E-state index is 12.3. The third-order valence-electron chi connectivity index (χ3n) is 3.34. The van der Waals surface area contributed by atoms with Crippen molar-refractivity contribution in [1.82, 2.24) is 4.98 Å². The van der Waals surface area contributed by atoms with Crippen LogP contribution in [0, 0.1) is 11.3 Å². The lowest BCUT2D eigenvalue weighted by Gasteiger charge is -2.06. The van der Waals surface area contributed by atoms with E-state index >= 15 is 0 Å². The molecule has 0 amide bonds. The van der Waals surface area contributed by atoms with Gasteiger partial charge in [0, 0.05) is 23.3 Å². The van der Waals surface area contributed by atoms with Crippen molar-refractivity contribution in [2.45, 2.75) is 24.2 Å². The molecule has 1 aliphatic carbocycles. The summed E-state index contributed by atoms with van der Waals surface area (Å²) in [5.41, 5.74) is 0.717. The number of thiophene rings is 1. The first-order valence-electron chi connectivity index (χ1n) is 6.27. The van der Waals surface area contributed by atoms with Crippen molar-refractivity contribution in [3.05, 3.63) is 44.7 Å². The van der Waals surface area contributed by atoms with Crippen molar-refractivity contribution in [3.8, 4) is 6.07 Å². The van der Waals surface area contributed by atoms with Gasteiger partial charge in [0.2, 0.25) is 5.43 Å². The Labute approximate surface area is 125 Å². The molecule has 0 unspecified atom stereocenters. The van der Waals surface area contributed by atoms with Crippen LogP contribution in [-0.2, 0) is 22.9 Å². The summed E-state index contributed by atoms with van der Waals surface area (Å²) >= 11 is 1.28. The van der Waals surface area contributed by atoms with Gasteiger partial charge in [0.15, 0.2) is 4.90 Å². The van der Waals surface area contributed by atoms with E-state index in [1.54, 1.807) is 0 Å². The van der Waals surface area contributed by atoms with Crippen molar-refractivity contribution < 1.29 is 8.42 Å². The van der Waals surface area contributed by atoms with Gasteiger partial charge in [0.25, 0.3) is 10.0 Å². The van der Waals surface area contributed by atoms with E-state index in [0.29, 0.717) is 10.6 Å². The van der Waals surface area contributed by atoms with Crippen molar-refractivity contribution in [1.29, 1.82) is 5.26 Å². The second-order valence-corrected chi connectivity index (χ2v) is 7.41. The van der Waals surface area contributed by atoms with Crippen LogP contribution in [0.1, 0.15) is 22.4 Å². The number of aryl methyl sites for hydroxylation is 1. The number of pyridine rings is 1. The molecule has 2 N–H and O–H groups in total. The molecule has 2 heterocycles. The predicted molar refractivity (Wildman–Crippen MR) is 78.9 cm³/mol. The summed E-state index contributed by atoms with van der Waals surface area (Å²) in [6.07, 6.45) is 5.14. The highest BCUT2D eigenvalue weighted by Crippen LogP contribution is 2.39. The highest BCUT2D eigenvalue weighted by molar-refractivity contribution is 7.93. The van der Waals surface area contributed by atoms with Gasteiger partial charge in [-0.1, -0.05) is 0 Å². The second-order valence-electron chi connectivity index (χ2n) is 4.65. The first-order valence-corrected chi connectivity index (χ1v) is 8.57. The summed E-state index contributed by atoms with van der Waals surface area (Å²) in [5.74, 6) is 0. The van der Waals surface area contributed by atoms with Gasteiger partial charge in [0.1, 0.15) is 11.1 Å². The van der Waals surface area contributed by atoms with Gasteiger partial charge in [-0.2, -0.15) is 5.26 Å². The van der Waals surface area contributed by atoms with E-state index in [0.717, 1.165) is 42.0 Å². The molecule has 0 bridgehead atoms. The first kappa shape index (κ1) is 13.9. The maximum atomic E-state index is 12.3. The number of sulfonamides is 1. The number of hydrogen-bond acceptors (Lipinski definition) is 5. The number of hydrogen-bond donors (Lipinski definition) is 2. The minimum atomic E-state index is -4.00. The molecule has 6 nitrogen and oxygen atoms in total. The van der Waals surface area contributed by atoms with E-state index in [9.17, 15) is 18.5 Å². The molecule has 0 saturated heterocycles. The fraction of sp³-hybridized carbons (Fsp3) is 0.231. The average molecular weight is 321 g/mol. The van der Waals surface area contributed by atoms with Crippen LogP contribution in [0.2, 0.25) is 0 Å². The average Bonchev–Trinajstić information content (AvgIpc) is 2.98. The van der Waals surface area contributed by atoms with Gasteiger partial charge in [0.05, 0.1) is 5.56 Å². The fourth-order valence-corrected chi connectivity index (χ4v) is 4.98. The largest absolute Gasteiger partial charge is 0.366 e. The van der Waals surface area contributed by atoms with Crippen LogP contribution in [0.15, 0.2) is 28.2 Å². The van der Waals surface area contributed by atoms with E-state index in [4.69, 9.17) is 0 Å². The molecule has 0 fully saturated rings. The number of nitriles is 1. The quantitative estimate of drug-likeness (QED) is 0.896. The summed E-state index contributed by atoms with van der Waals surface area (Å²) in [4.78, 5) is 14.9. The number of H-pyrrole nitrogens is 1. The van der Waals surface area contributed by atoms with Gasteiger partial charge in [-0.25, -0.2) is 8.42 Å². The number of nitrogens with one attached hydrogen (secondary N) is 2. The van der Waals surface area contributed by atoms with E-state index in [2.05, 4.69) is 15.8 Å². The first-order chi connectivity index (χ1) is 10.0. The Morgan fingerprint density at radius 2 is 2.19 bits per heavy atom. The van der Waals surface area contributed by atoms with Crippen LogP contribution in [0.5, 0.6) is 0 Å². The fourth-order valence-electron chi connectivity index (χ4n) is 2.38. The molecule has 0 spiro atoms. The highest BCUT2D eigenvalue weighted by atomic mass is 32.2. The number of aromatic amines is 1. The smallest absolute Gasteiger partial charge is 0.267 e. The molecule has 2 aromatic heterocycles. The lowest BCUT2D eigenvalue weighted by atomic mass is 10.1. The van der Waals surface area contributed by atoms with E-state index in [1.165, 1.54) is 17.5 Å². The SMILES string of the molecule is N#Cc1c(NS(=O)(=O)c2c[nH]ccc2=O)sc2c1CCC2. The molecule has 21 heavy (non-hydrogen) atoms. The van der Waals surface area contributed by atoms with Gasteiger partial charge in [-0.15, -0.1) is 11.3 Å². The Balaban J connectivity index is 2.04. The van der Waals surface area contributed by atoms with Gasteiger partial charge in [-0.05, 0) is 24.8 Å². The summed E-state index contributed by atoms with van der Waals surface area (Å²) in [5, 5.41) is 9.54. The molecule has 8 heteroatoms. The third-order valence-corrected chi connectivity index (χ3v) is 6.05. The molecule has 0 atom stereocenters. The Hall–Kier alpha value is -2.11. The lowest BCUT2D eigenvalue weighted by molar-refractivity contribution is 0.600. The van der Waals surface area contributed by atoms with Crippen LogP contribution >= 0.6 is 11.3 Å². The Bertz CT molecular complexity index is 903. The molecule has 0 radical (unpaired) electrons. The van der Waals surface area contributed by atoms with Gasteiger partial charge < -0.3 is 4.98 Å². The molecule has 0 aliphatic heterocycles. The van der Waals surface area contributed by atoms with E-state index < -0.39 is 15.5 Å². The van der Waals surface area contributed by atoms with Crippen molar-refractivity contribution in [2.75, 3.05) is 4.72 Å². The van der Waals surface area contributed by atoms with E-state index in [-0.39, 0.29) is 4.90 Å². The van der Waals surface area contributed by atoms with Crippen LogP contribution in [0.25, 0.3) is 0 Å². The normalized spacial score (nSPS) is 13.7. The maximum Gasteiger partial charge on any atom is 0.267 e. The minimum Gasteiger partial charge on any atom is -0.366 e. The zero-order valence-electron chi connectivity index (χ0n) is 10.8. The van der Waals surface area contributed by atoms with Gasteiger partial charge in [-0.3, -0.25) is 9.52 Å². The zero-order valence-corrected chi connectivity index (χ0v) is 12.5. The second kappa shape index (κ2) is 5.02. The molecule has 3 rings (SSSR count). The number of aromatic nitrogens is 1. The zero-order chi connectivity index (χ0) is 15.0. The van der Waals surface area contributed by atoms with E-state index in [1.807, 2.05) is 0 Å². The lowest BCUT2D eigenvalue weighted by Crippen LogP contribution is -2.20. The Morgan fingerprint density at radius 1 is 1.38 bits per heavy atom. The topological polar surface area (TPSA) is 103 Å². The van der Waals surface area contributed by atoms with Crippen molar-refractivity contribution in [3.63, 3.8) is 0 Å². The molecule has 108 valence electrons. The molecule has 0 aromatic carbocycles. The Kier molecular flexibility index (Phi) is 3.31. The van der Waals surface area contributed by atoms with Crippen LogP contribution in [0.4, 0.5) is 5.00 Å². The predicted octanol–water partition coefficient (Wildman–Crippen LogP) is 1.60. The number of nitrogens with zero attached hydrogens (tertiary/aromatic N) is 1. The summed E-state index contributed by atoms with van der Waals surface area (Å²) in [6.45, 7) is 0. The Morgan fingerprint density at radius 3 is 2.90 bits per heavy atom. The molecular formula is C13H11N3O3S2. The monoisotopic (exact) mass is 321 g/mol. The highest BCUT2D eigenvalue weighted by Gasteiger charge is 2.26. The van der Waals surface area contributed by atoms with Crippen molar-refractivity contribution in [2.24, 2.45) is 0 Å². The van der Waals surface area contributed by atoms with Gasteiger partial charge >= 0.3 is 0 Å². The summed E-state index contributed by atoms with van der Waals surface area (Å²) in [6, 6.07) is 3.21. The molecule has 1 aliphatic rings. The number of anilines is 1. The number of fused-ring (bicyclic) bond motifs is 1. The van der Waals surface area contributed by atoms with Crippen LogP contribution < -0.4 is 10.2 Å².